The molecule has 0 amide bonds. The molecule has 0 atom stereocenters. The number of hydrogen-bond donors (Lipinski definition) is 1. The third-order valence-corrected chi connectivity index (χ3v) is 2.18. The van der Waals surface area contributed by atoms with Gasteiger partial charge in [0, 0.05) is 25.4 Å². The highest BCUT2D eigenvalue weighted by Crippen LogP contribution is 2.03. The fraction of sp³-hybridized carbons (Fsp3) is 0.727. The fourth-order valence-corrected chi connectivity index (χ4v) is 1.40. The number of hydrogen-bond acceptors (Lipinski definition) is 2. The van der Waals surface area contributed by atoms with Crippen molar-refractivity contribution >= 4 is 5.82 Å². The summed E-state index contributed by atoms with van der Waals surface area (Å²) < 4.78 is 1.99. The van der Waals surface area contributed by atoms with Gasteiger partial charge in [-0.05, 0) is 12.8 Å². The van der Waals surface area contributed by atoms with Crippen LogP contribution in [-0.2, 0) is 6.54 Å². The van der Waals surface area contributed by atoms with Gasteiger partial charge in [0.2, 0.25) is 0 Å². The fourth-order valence-electron chi connectivity index (χ4n) is 1.40. The van der Waals surface area contributed by atoms with Crippen molar-refractivity contribution in [1.29, 1.82) is 0 Å². The van der Waals surface area contributed by atoms with Crippen LogP contribution >= 0.6 is 0 Å². The van der Waals surface area contributed by atoms with Crippen LogP contribution in [0.25, 0.3) is 0 Å². The van der Waals surface area contributed by atoms with Crippen LogP contribution in [0.5, 0.6) is 0 Å². The molecule has 0 aliphatic carbocycles. The maximum absolute atomic E-state index is 4.40. The van der Waals surface area contributed by atoms with E-state index >= 15 is 0 Å². The largest absolute Gasteiger partial charge is 0.369 e. The second-order valence-electron chi connectivity index (χ2n) is 3.60. The van der Waals surface area contributed by atoms with Crippen molar-refractivity contribution in [2.45, 2.75) is 46.1 Å². The number of aromatic nitrogens is 2. The van der Waals surface area contributed by atoms with Gasteiger partial charge in [-0.2, -0.15) is 5.10 Å². The molecule has 1 heterocycles. The molecule has 80 valence electrons. The average molecular weight is 195 g/mol. The highest BCUT2D eigenvalue weighted by Gasteiger charge is 1.96. The van der Waals surface area contributed by atoms with Crippen LogP contribution in [0.15, 0.2) is 12.3 Å². The highest BCUT2D eigenvalue weighted by atomic mass is 15.3. The van der Waals surface area contributed by atoms with E-state index in [9.17, 15) is 0 Å². The Morgan fingerprint density at radius 1 is 1.29 bits per heavy atom. The van der Waals surface area contributed by atoms with E-state index in [-0.39, 0.29) is 0 Å². The van der Waals surface area contributed by atoms with E-state index in [1.165, 1.54) is 19.3 Å². The monoisotopic (exact) mass is 195 g/mol. The molecule has 0 spiro atoms. The standard InChI is InChI=1S/C11H21N3/c1-3-5-6-8-12-11-7-10-14(13-11)9-4-2/h7,10H,3-6,8-9H2,1-2H3,(H,12,13). The molecule has 0 aromatic carbocycles. The second kappa shape index (κ2) is 6.46. The van der Waals surface area contributed by atoms with Gasteiger partial charge in [-0.1, -0.05) is 26.7 Å². The van der Waals surface area contributed by atoms with E-state index in [0.29, 0.717) is 0 Å². The summed E-state index contributed by atoms with van der Waals surface area (Å²) in [5, 5.41) is 7.73. The molecule has 1 aromatic heterocycles. The number of nitrogens with zero attached hydrogens (tertiary/aromatic N) is 2. The summed E-state index contributed by atoms with van der Waals surface area (Å²) >= 11 is 0. The molecule has 1 rings (SSSR count). The minimum atomic E-state index is 1.01. The molecule has 0 aliphatic heterocycles. The zero-order chi connectivity index (χ0) is 10.2. The van der Waals surface area contributed by atoms with Crippen molar-refractivity contribution in [3.8, 4) is 0 Å². The van der Waals surface area contributed by atoms with Gasteiger partial charge in [-0.3, -0.25) is 4.68 Å². The first-order valence-electron chi connectivity index (χ1n) is 5.64. The maximum atomic E-state index is 4.40. The van der Waals surface area contributed by atoms with Gasteiger partial charge in [0.25, 0.3) is 0 Å². The molecule has 0 bridgehead atoms. The minimum absolute atomic E-state index is 1.01. The first kappa shape index (κ1) is 11.1. The summed E-state index contributed by atoms with van der Waals surface area (Å²) in [6, 6.07) is 2.04. The highest BCUT2D eigenvalue weighted by molar-refractivity contribution is 5.31. The van der Waals surface area contributed by atoms with Crippen LogP contribution in [0.2, 0.25) is 0 Å². The number of nitrogens with one attached hydrogen (secondary N) is 1. The lowest BCUT2D eigenvalue weighted by atomic mass is 10.2. The molecule has 0 radical (unpaired) electrons. The molecule has 1 N–H and O–H groups in total. The molecule has 3 heteroatoms. The first-order valence-corrected chi connectivity index (χ1v) is 5.64. The molecule has 1 aromatic rings. The van der Waals surface area contributed by atoms with E-state index in [4.69, 9.17) is 0 Å². The number of aryl methyl sites for hydroxylation is 1. The predicted octanol–water partition coefficient (Wildman–Crippen LogP) is 2.90. The van der Waals surface area contributed by atoms with Gasteiger partial charge in [0.15, 0.2) is 0 Å². The third-order valence-electron chi connectivity index (χ3n) is 2.18. The zero-order valence-corrected chi connectivity index (χ0v) is 9.29. The molecule has 0 saturated carbocycles. The smallest absolute Gasteiger partial charge is 0.147 e. The normalized spacial score (nSPS) is 10.4. The van der Waals surface area contributed by atoms with Gasteiger partial charge in [-0.25, -0.2) is 0 Å². The lowest BCUT2D eigenvalue weighted by molar-refractivity contribution is 0.603. The van der Waals surface area contributed by atoms with Crippen molar-refractivity contribution in [2.75, 3.05) is 11.9 Å². The Balaban J connectivity index is 2.22. The Morgan fingerprint density at radius 3 is 2.86 bits per heavy atom. The minimum Gasteiger partial charge on any atom is -0.369 e. The Labute approximate surface area is 86.5 Å². The predicted molar refractivity (Wildman–Crippen MR) is 60.5 cm³/mol. The molecule has 0 aliphatic rings. The van der Waals surface area contributed by atoms with E-state index < -0.39 is 0 Å². The second-order valence-corrected chi connectivity index (χ2v) is 3.60. The van der Waals surface area contributed by atoms with Gasteiger partial charge >= 0.3 is 0 Å². The van der Waals surface area contributed by atoms with Gasteiger partial charge in [-0.15, -0.1) is 0 Å². The van der Waals surface area contributed by atoms with Crippen molar-refractivity contribution in [3.63, 3.8) is 0 Å². The first-order chi connectivity index (χ1) is 6.86. The van der Waals surface area contributed by atoms with Crippen molar-refractivity contribution in [2.24, 2.45) is 0 Å². The van der Waals surface area contributed by atoms with Crippen LogP contribution in [-0.4, -0.2) is 16.3 Å². The van der Waals surface area contributed by atoms with Crippen molar-refractivity contribution < 1.29 is 0 Å². The van der Waals surface area contributed by atoms with E-state index in [1.54, 1.807) is 0 Å². The quantitative estimate of drug-likeness (QED) is 0.678. The van der Waals surface area contributed by atoms with Crippen LogP contribution in [0.4, 0.5) is 5.82 Å². The average Bonchev–Trinajstić information content (AvgIpc) is 2.61. The SMILES string of the molecule is CCCCCNc1ccn(CCC)n1. The van der Waals surface area contributed by atoms with Crippen molar-refractivity contribution in [1.82, 2.24) is 9.78 Å². The summed E-state index contributed by atoms with van der Waals surface area (Å²) in [6.45, 7) is 6.43. The molecule has 14 heavy (non-hydrogen) atoms. The van der Waals surface area contributed by atoms with Gasteiger partial charge in [0.05, 0.1) is 0 Å². The summed E-state index contributed by atoms with van der Waals surface area (Å²) in [7, 11) is 0. The Morgan fingerprint density at radius 2 is 2.14 bits per heavy atom. The molecular formula is C11H21N3. The molecule has 0 unspecified atom stereocenters. The third kappa shape index (κ3) is 3.81. The Hall–Kier alpha value is -0.990. The molecule has 0 fully saturated rings. The summed E-state index contributed by atoms with van der Waals surface area (Å²) in [5.41, 5.74) is 0. The van der Waals surface area contributed by atoms with E-state index in [0.717, 1.165) is 25.3 Å². The summed E-state index contributed by atoms with van der Waals surface area (Å²) in [5.74, 6) is 1.01. The topological polar surface area (TPSA) is 29.9 Å². The molecule has 0 saturated heterocycles. The van der Waals surface area contributed by atoms with E-state index in [2.05, 4.69) is 24.3 Å². The number of unbranched alkanes of at least 4 members (excludes halogenated alkanes) is 2. The van der Waals surface area contributed by atoms with Crippen molar-refractivity contribution in [3.05, 3.63) is 12.3 Å². The Bertz CT molecular complexity index is 242. The lowest BCUT2D eigenvalue weighted by Gasteiger charge is -2.01. The molecular weight excluding hydrogens is 174 g/mol. The van der Waals surface area contributed by atoms with Crippen LogP contribution in [0.1, 0.15) is 39.5 Å². The lowest BCUT2D eigenvalue weighted by Crippen LogP contribution is -2.03. The number of anilines is 1. The van der Waals surface area contributed by atoms with Gasteiger partial charge in [0.1, 0.15) is 5.82 Å². The maximum Gasteiger partial charge on any atom is 0.147 e. The van der Waals surface area contributed by atoms with Crippen LogP contribution in [0, 0.1) is 0 Å². The van der Waals surface area contributed by atoms with Crippen LogP contribution in [0.3, 0.4) is 0 Å². The van der Waals surface area contributed by atoms with Gasteiger partial charge < -0.3 is 5.32 Å². The van der Waals surface area contributed by atoms with Crippen LogP contribution < -0.4 is 5.32 Å². The molecule has 3 nitrogen and oxygen atoms in total. The summed E-state index contributed by atoms with van der Waals surface area (Å²) in [4.78, 5) is 0. The number of rotatable bonds is 7. The summed E-state index contributed by atoms with van der Waals surface area (Å²) in [6.07, 6.45) is 6.97. The zero-order valence-electron chi connectivity index (χ0n) is 9.29. The Kier molecular flexibility index (Phi) is 5.12. The van der Waals surface area contributed by atoms with E-state index in [1.807, 2.05) is 16.9 Å².